The first kappa shape index (κ1) is 15.8. The molecule has 2 rings (SSSR count). The smallest absolute Gasteiger partial charge is 0.251 e. The van der Waals surface area contributed by atoms with Gasteiger partial charge in [0.1, 0.15) is 0 Å². The highest BCUT2D eigenvalue weighted by Crippen LogP contribution is 2.11. The maximum Gasteiger partial charge on any atom is 0.251 e. The Labute approximate surface area is 135 Å². The van der Waals surface area contributed by atoms with E-state index in [0.29, 0.717) is 5.92 Å². The Hall–Kier alpha value is -0.620. The van der Waals surface area contributed by atoms with Crippen LogP contribution in [0.4, 0.5) is 0 Å². The van der Waals surface area contributed by atoms with Crippen molar-refractivity contribution < 1.29 is 4.79 Å². The van der Waals surface area contributed by atoms with Crippen molar-refractivity contribution in [2.24, 2.45) is 5.92 Å². The normalized spacial score (nSPS) is 17.7. The summed E-state index contributed by atoms with van der Waals surface area (Å²) in [7, 11) is 0. The molecule has 1 N–H and O–H groups in total. The third-order valence-corrected chi connectivity index (χ3v) is 4.39. The zero-order valence-corrected chi connectivity index (χ0v) is 14.2. The Morgan fingerprint density at radius 1 is 1.35 bits per heavy atom. The molecule has 0 aliphatic carbocycles. The lowest BCUT2D eigenvalue weighted by molar-refractivity contribution is 0.0942. The maximum atomic E-state index is 12.1. The third-order valence-electron chi connectivity index (χ3n) is 3.72. The number of piperidine rings is 1. The van der Waals surface area contributed by atoms with E-state index in [-0.39, 0.29) is 5.91 Å². The van der Waals surface area contributed by atoms with E-state index in [1.165, 1.54) is 32.4 Å². The molecule has 1 atom stereocenters. The highest BCUT2D eigenvalue weighted by Gasteiger charge is 2.14. The minimum atomic E-state index is 0.0361. The van der Waals surface area contributed by atoms with E-state index >= 15 is 0 Å². The SMILES string of the molecule is CC(CNC(=O)c1cccc(I)c1)CN1CCCCC1. The van der Waals surface area contributed by atoms with Crippen LogP contribution in [0, 0.1) is 9.49 Å². The van der Waals surface area contributed by atoms with E-state index in [1.54, 1.807) is 0 Å². The van der Waals surface area contributed by atoms with Gasteiger partial charge in [0.15, 0.2) is 0 Å². The van der Waals surface area contributed by atoms with Crippen LogP contribution in [-0.2, 0) is 0 Å². The van der Waals surface area contributed by atoms with Crippen LogP contribution < -0.4 is 5.32 Å². The quantitative estimate of drug-likeness (QED) is 0.789. The molecule has 1 amide bonds. The Bertz CT molecular complexity index is 444. The molecule has 1 fully saturated rings. The highest BCUT2D eigenvalue weighted by molar-refractivity contribution is 14.1. The van der Waals surface area contributed by atoms with Crippen molar-refractivity contribution in [3.05, 3.63) is 33.4 Å². The number of benzene rings is 1. The number of amides is 1. The van der Waals surface area contributed by atoms with E-state index in [4.69, 9.17) is 0 Å². The molecule has 0 bridgehead atoms. The highest BCUT2D eigenvalue weighted by atomic mass is 127. The fourth-order valence-corrected chi connectivity index (χ4v) is 3.19. The summed E-state index contributed by atoms with van der Waals surface area (Å²) in [5.74, 6) is 0.536. The van der Waals surface area contributed by atoms with E-state index in [2.05, 4.69) is 39.7 Å². The van der Waals surface area contributed by atoms with Crippen LogP contribution in [0.5, 0.6) is 0 Å². The lowest BCUT2D eigenvalue weighted by Crippen LogP contribution is -2.38. The molecule has 1 aromatic rings. The summed E-state index contributed by atoms with van der Waals surface area (Å²) in [6.07, 6.45) is 4.01. The monoisotopic (exact) mass is 386 g/mol. The first-order valence-electron chi connectivity index (χ1n) is 7.41. The number of hydrogen-bond acceptors (Lipinski definition) is 2. The van der Waals surface area contributed by atoms with Gasteiger partial charge < -0.3 is 10.2 Å². The standard InChI is InChI=1S/C16H23IN2O/c1-13(12-19-8-3-2-4-9-19)11-18-16(20)14-6-5-7-15(17)10-14/h5-7,10,13H,2-4,8-9,11-12H2,1H3,(H,18,20). The largest absolute Gasteiger partial charge is 0.352 e. The van der Waals surface area contributed by atoms with Crippen LogP contribution in [0.25, 0.3) is 0 Å². The van der Waals surface area contributed by atoms with Gasteiger partial charge in [-0.05, 0) is 72.6 Å². The fraction of sp³-hybridized carbons (Fsp3) is 0.562. The van der Waals surface area contributed by atoms with E-state index in [1.807, 2.05) is 24.3 Å². The van der Waals surface area contributed by atoms with Crippen LogP contribution in [0.3, 0.4) is 0 Å². The summed E-state index contributed by atoms with van der Waals surface area (Å²) in [5, 5.41) is 3.05. The fourth-order valence-electron chi connectivity index (χ4n) is 2.65. The average molecular weight is 386 g/mol. The molecule has 20 heavy (non-hydrogen) atoms. The number of nitrogens with zero attached hydrogens (tertiary/aromatic N) is 1. The van der Waals surface area contributed by atoms with Gasteiger partial charge in [-0.1, -0.05) is 19.4 Å². The van der Waals surface area contributed by atoms with Crippen molar-refractivity contribution in [2.75, 3.05) is 26.2 Å². The molecule has 0 radical (unpaired) electrons. The number of rotatable bonds is 5. The van der Waals surface area contributed by atoms with Crippen molar-refractivity contribution in [1.82, 2.24) is 10.2 Å². The second-order valence-corrected chi connectivity index (χ2v) is 6.93. The summed E-state index contributed by atoms with van der Waals surface area (Å²) in [6, 6.07) is 7.71. The number of carbonyl (C=O) groups excluding carboxylic acids is 1. The lowest BCUT2D eigenvalue weighted by atomic mass is 10.1. The zero-order chi connectivity index (χ0) is 14.4. The molecular weight excluding hydrogens is 363 g/mol. The van der Waals surface area contributed by atoms with Crippen LogP contribution >= 0.6 is 22.6 Å². The molecule has 0 aromatic heterocycles. The second kappa shape index (κ2) is 7.98. The molecule has 1 unspecified atom stereocenters. The van der Waals surface area contributed by atoms with Crippen molar-refractivity contribution >= 4 is 28.5 Å². The number of likely N-dealkylation sites (tertiary alicyclic amines) is 1. The Kier molecular flexibility index (Phi) is 6.29. The molecule has 1 aliphatic rings. The molecular formula is C16H23IN2O. The van der Waals surface area contributed by atoms with Gasteiger partial charge in [-0.25, -0.2) is 0 Å². The topological polar surface area (TPSA) is 32.3 Å². The summed E-state index contributed by atoms with van der Waals surface area (Å²) < 4.78 is 1.09. The molecule has 110 valence electrons. The predicted octanol–water partition coefficient (Wildman–Crippen LogP) is 3.14. The first-order valence-corrected chi connectivity index (χ1v) is 8.49. The van der Waals surface area contributed by atoms with E-state index in [0.717, 1.165) is 22.2 Å². The molecule has 0 saturated carbocycles. The summed E-state index contributed by atoms with van der Waals surface area (Å²) in [5.41, 5.74) is 0.752. The van der Waals surface area contributed by atoms with Crippen molar-refractivity contribution in [1.29, 1.82) is 0 Å². The summed E-state index contributed by atoms with van der Waals surface area (Å²) >= 11 is 2.23. The Balaban J connectivity index is 1.75. The summed E-state index contributed by atoms with van der Waals surface area (Å²) in [4.78, 5) is 14.6. The number of halogens is 1. The van der Waals surface area contributed by atoms with Gasteiger partial charge in [0.25, 0.3) is 5.91 Å². The second-order valence-electron chi connectivity index (χ2n) is 5.69. The summed E-state index contributed by atoms with van der Waals surface area (Å²) in [6.45, 7) is 6.49. The van der Waals surface area contributed by atoms with Crippen molar-refractivity contribution in [3.63, 3.8) is 0 Å². The van der Waals surface area contributed by atoms with E-state index < -0.39 is 0 Å². The molecule has 3 nitrogen and oxygen atoms in total. The number of carbonyl (C=O) groups is 1. The van der Waals surface area contributed by atoms with Gasteiger partial charge in [-0.2, -0.15) is 0 Å². The van der Waals surface area contributed by atoms with Gasteiger partial charge in [0, 0.05) is 22.2 Å². The predicted molar refractivity (Wildman–Crippen MR) is 90.9 cm³/mol. The Morgan fingerprint density at radius 2 is 2.10 bits per heavy atom. The van der Waals surface area contributed by atoms with Gasteiger partial charge in [0.2, 0.25) is 0 Å². The van der Waals surface area contributed by atoms with Crippen molar-refractivity contribution in [3.8, 4) is 0 Å². The van der Waals surface area contributed by atoms with Crippen LogP contribution in [-0.4, -0.2) is 37.0 Å². The van der Waals surface area contributed by atoms with E-state index in [9.17, 15) is 4.79 Å². The molecule has 1 saturated heterocycles. The molecule has 1 heterocycles. The van der Waals surface area contributed by atoms with Crippen molar-refractivity contribution in [2.45, 2.75) is 26.2 Å². The first-order chi connectivity index (χ1) is 9.65. The Morgan fingerprint density at radius 3 is 2.80 bits per heavy atom. The van der Waals surface area contributed by atoms with Gasteiger partial charge in [0.05, 0.1) is 0 Å². The van der Waals surface area contributed by atoms with Crippen LogP contribution in [0.2, 0.25) is 0 Å². The molecule has 4 heteroatoms. The van der Waals surface area contributed by atoms with Gasteiger partial charge >= 0.3 is 0 Å². The maximum absolute atomic E-state index is 12.1. The molecule has 1 aliphatic heterocycles. The minimum Gasteiger partial charge on any atom is -0.352 e. The minimum absolute atomic E-state index is 0.0361. The lowest BCUT2D eigenvalue weighted by Gasteiger charge is -2.29. The van der Waals surface area contributed by atoms with Gasteiger partial charge in [-0.15, -0.1) is 0 Å². The third kappa shape index (κ3) is 5.05. The molecule has 1 aromatic carbocycles. The zero-order valence-electron chi connectivity index (χ0n) is 12.1. The van der Waals surface area contributed by atoms with Gasteiger partial charge in [-0.3, -0.25) is 4.79 Å². The number of hydrogen-bond donors (Lipinski definition) is 1. The van der Waals surface area contributed by atoms with Crippen LogP contribution in [0.15, 0.2) is 24.3 Å². The number of nitrogens with one attached hydrogen (secondary N) is 1. The van der Waals surface area contributed by atoms with Crippen LogP contribution in [0.1, 0.15) is 36.5 Å². The molecule has 0 spiro atoms. The average Bonchev–Trinajstić information content (AvgIpc) is 2.46.